The fourth-order valence-electron chi connectivity index (χ4n) is 2.24. The minimum atomic E-state index is -2.51. The number of halogens is 2. The molecule has 1 aromatic carbocycles. The number of hydrogen-bond donors (Lipinski definition) is 2. The van der Waals surface area contributed by atoms with Gasteiger partial charge in [0.05, 0.1) is 6.61 Å². The Labute approximate surface area is 117 Å². The highest BCUT2D eigenvalue weighted by Gasteiger charge is 2.44. The lowest BCUT2D eigenvalue weighted by Gasteiger charge is -2.33. The molecule has 20 heavy (non-hydrogen) atoms. The van der Waals surface area contributed by atoms with Crippen molar-refractivity contribution in [3.63, 3.8) is 0 Å². The number of nitrogens with zero attached hydrogens (tertiary/aromatic N) is 1. The summed E-state index contributed by atoms with van der Waals surface area (Å²) in [7, 11) is 1.62. The van der Waals surface area contributed by atoms with Crippen LogP contribution in [0.1, 0.15) is 18.4 Å². The maximum atomic E-state index is 12.7. The topological polar surface area (TPSA) is 59.6 Å². The average Bonchev–Trinajstić information content (AvgIpc) is 2.36. The van der Waals surface area contributed by atoms with Gasteiger partial charge in [-0.3, -0.25) is 4.99 Å². The summed E-state index contributed by atoms with van der Waals surface area (Å²) < 4.78 is 30.5. The first-order valence-electron chi connectivity index (χ1n) is 6.52. The molecule has 0 aliphatic heterocycles. The van der Waals surface area contributed by atoms with E-state index in [0.29, 0.717) is 13.2 Å². The Hall–Kier alpha value is -1.69. The first-order valence-corrected chi connectivity index (χ1v) is 6.52. The molecule has 0 spiro atoms. The van der Waals surface area contributed by atoms with Crippen LogP contribution in [0.15, 0.2) is 29.3 Å². The van der Waals surface area contributed by atoms with Gasteiger partial charge in [0.15, 0.2) is 5.96 Å². The van der Waals surface area contributed by atoms with E-state index in [2.05, 4.69) is 10.3 Å². The van der Waals surface area contributed by atoms with Crippen LogP contribution in [0.25, 0.3) is 0 Å². The summed E-state index contributed by atoms with van der Waals surface area (Å²) in [6.45, 7) is 0.798. The maximum Gasteiger partial charge on any atom is 0.248 e. The van der Waals surface area contributed by atoms with E-state index in [4.69, 9.17) is 10.5 Å². The molecule has 0 heterocycles. The van der Waals surface area contributed by atoms with Gasteiger partial charge in [0, 0.05) is 37.7 Å². The Bertz CT molecular complexity index is 483. The number of methoxy groups -OCH3 is 1. The average molecular weight is 283 g/mol. The van der Waals surface area contributed by atoms with Gasteiger partial charge < -0.3 is 15.8 Å². The molecule has 1 aromatic rings. The highest BCUT2D eigenvalue weighted by molar-refractivity contribution is 5.92. The second kappa shape index (κ2) is 6.17. The van der Waals surface area contributed by atoms with E-state index in [9.17, 15) is 8.78 Å². The molecule has 0 saturated heterocycles. The van der Waals surface area contributed by atoms with Gasteiger partial charge in [0.25, 0.3) is 0 Å². The number of benzene rings is 1. The molecule has 0 radical (unpaired) electrons. The Balaban J connectivity index is 1.89. The Morgan fingerprint density at radius 3 is 2.80 bits per heavy atom. The summed E-state index contributed by atoms with van der Waals surface area (Å²) in [5, 5.41) is 2.98. The Morgan fingerprint density at radius 1 is 1.45 bits per heavy atom. The predicted molar refractivity (Wildman–Crippen MR) is 74.9 cm³/mol. The van der Waals surface area contributed by atoms with Gasteiger partial charge in [0.1, 0.15) is 0 Å². The van der Waals surface area contributed by atoms with Crippen LogP contribution < -0.4 is 11.1 Å². The van der Waals surface area contributed by atoms with E-state index < -0.39 is 5.92 Å². The van der Waals surface area contributed by atoms with Crippen molar-refractivity contribution in [3.8, 4) is 0 Å². The first kappa shape index (κ1) is 14.7. The van der Waals surface area contributed by atoms with Crippen molar-refractivity contribution in [1.29, 1.82) is 0 Å². The zero-order chi connectivity index (χ0) is 14.6. The van der Waals surface area contributed by atoms with Gasteiger partial charge in [-0.05, 0) is 12.0 Å². The van der Waals surface area contributed by atoms with Crippen molar-refractivity contribution in [2.24, 2.45) is 16.6 Å². The molecule has 1 saturated carbocycles. The molecule has 0 aromatic heterocycles. The van der Waals surface area contributed by atoms with E-state index in [1.807, 2.05) is 24.3 Å². The quantitative estimate of drug-likeness (QED) is 0.645. The second-order valence-electron chi connectivity index (χ2n) is 5.07. The van der Waals surface area contributed by atoms with Gasteiger partial charge in [-0.15, -0.1) is 0 Å². The van der Waals surface area contributed by atoms with Crippen molar-refractivity contribution >= 4 is 11.6 Å². The number of guanidine groups is 1. The van der Waals surface area contributed by atoms with Gasteiger partial charge in [-0.25, -0.2) is 8.78 Å². The number of anilines is 1. The van der Waals surface area contributed by atoms with Crippen LogP contribution in [0, 0.1) is 5.92 Å². The smallest absolute Gasteiger partial charge is 0.248 e. The zero-order valence-corrected chi connectivity index (χ0v) is 11.4. The third-order valence-corrected chi connectivity index (χ3v) is 3.27. The standard InChI is InChI=1S/C14H19F2N3O/c1-20-9-11-4-2-3-5-12(11)19-13(17)18-8-10-6-14(15,16)7-10/h2-5,10H,6-9H2,1H3,(H3,17,18,19). The van der Waals surface area contributed by atoms with Gasteiger partial charge in [0.2, 0.25) is 5.92 Å². The molecule has 1 aliphatic rings. The van der Waals surface area contributed by atoms with E-state index in [1.165, 1.54) is 0 Å². The lowest BCUT2D eigenvalue weighted by atomic mass is 9.81. The highest BCUT2D eigenvalue weighted by Crippen LogP contribution is 2.42. The van der Waals surface area contributed by atoms with E-state index in [0.717, 1.165) is 11.3 Å². The van der Waals surface area contributed by atoms with Crippen molar-refractivity contribution in [3.05, 3.63) is 29.8 Å². The van der Waals surface area contributed by atoms with Crippen LogP contribution in [-0.2, 0) is 11.3 Å². The second-order valence-corrected chi connectivity index (χ2v) is 5.07. The van der Waals surface area contributed by atoms with E-state index in [1.54, 1.807) is 7.11 Å². The van der Waals surface area contributed by atoms with Crippen LogP contribution in [-0.4, -0.2) is 25.5 Å². The molecular weight excluding hydrogens is 264 g/mol. The number of alkyl halides is 2. The molecule has 0 unspecified atom stereocenters. The SMILES string of the molecule is COCc1ccccc1NC(N)=NCC1CC(F)(F)C1. The number of nitrogens with two attached hydrogens (primary N) is 1. The normalized spacial score (nSPS) is 18.6. The van der Waals surface area contributed by atoms with Crippen molar-refractivity contribution in [2.45, 2.75) is 25.4 Å². The Morgan fingerprint density at radius 2 is 2.15 bits per heavy atom. The molecule has 0 atom stereocenters. The summed E-state index contributed by atoms with van der Waals surface area (Å²) >= 11 is 0. The lowest BCUT2D eigenvalue weighted by molar-refractivity contribution is -0.107. The van der Waals surface area contributed by atoms with Crippen LogP contribution in [0.4, 0.5) is 14.5 Å². The monoisotopic (exact) mass is 283 g/mol. The summed E-state index contributed by atoms with van der Waals surface area (Å²) in [4.78, 5) is 4.12. The molecule has 3 N–H and O–H groups in total. The fraction of sp³-hybridized carbons (Fsp3) is 0.500. The number of aliphatic imine (C=N–C) groups is 1. The van der Waals surface area contributed by atoms with Crippen molar-refractivity contribution < 1.29 is 13.5 Å². The number of rotatable bonds is 5. The van der Waals surface area contributed by atoms with Crippen LogP contribution in [0.3, 0.4) is 0 Å². The van der Waals surface area contributed by atoms with Crippen LogP contribution in [0.2, 0.25) is 0 Å². The molecule has 110 valence electrons. The number of nitrogens with one attached hydrogen (secondary N) is 1. The molecular formula is C14H19F2N3O. The molecule has 0 amide bonds. The number of para-hydroxylation sites is 1. The Kier molecular flexibility index (Phi) is 4.54. The van der Waals surface area contributed by atoms with Gasteiger partial charge >= 0.3 is 0 Å². The predicted octanol–water partition coefficient (Wildman–Crippen LogP) is 2.60. The minimum absolute atomic E-state index is 0.0698. The first-order chi connectivity index (χ1) is 9.50. The third kappa shape index (κ3) is 3.90. The molecule has 0 bridgehead atoms. The minimum Gasteiger partial charge on any atom is -0.380 e. The number of hydrogen-bond acceptors (Lipinski definition) is 2. The lowest BCUT2D eigenvalue weighted by Crippen LogP contribution is -2.37. The summed E-state index contributed by atoms with van der Waals surface area (Å²) in [5.41, 5.74) is 7.55. The maximum absolute atomic E-state index is 12.7. The molecule has 2 rings (SSSR count). The molecule has 1 fully saturated rings. The molecule has 1 aliphatic carbocycles. The zero-order valence-electron chi connectivity index (χ0n) is 11.4. The van der Waals surface area contributed by atoms with E-state index in [-0.39, 0.29) is 24.7 Å². The van der Waals surface area contributed by atoms with Gasteiger partial charge in [-0.1, -0.05) is 18.2 Å². The van der Waals surface area contributed by atoms with Crippen molar-refractivity contribution in [2.75, 3.05) is 19.0 Å². The molecule has 4 nitrogen and oxygen atoms in total. The van der Waals surface area contributed by atoms with Gasteiger partial charge in [-0.2, -0.15) is 0 Å². The van der Waals surface area contributed by atoms with Crippen molar-refractivity contribution in [1.82, 2.24) is 0 Å². The summed E-state index contributed by atoms with van der Waals surface area (Å²) in [6, 6.07) is 7.57. The molecule has 6 heteroatoms. The highest BCUT2D eigenvalue weighted by atomic mass is 19.3. The summed E-state index contributed by atoms with van der Waals surface area (Å²) in [6.07, 6.45) is -0.186. The largest absolute Gasteiger partial charge is 0.380 e. The summed E-state index contributed by atoms with van der Waals surface area (Å²) in [5.74, 6) is -2.34. The number of ether oxygens (including phenoxy) is 1. The fourth-order valence-corrected chi connectivity index (χ4v) is 2.24. The van der Waals surface area contributed by atoms with E-state index >= 15 is 0 Å². The third-order valence-electron chi connectivity index (χ3n) is 3.27. The van der Waals surface area contributed by atoms with Crippen LogP contribution >= 0.6 is 0 Å². The van der Waals surface area contributed by atoms with Crippen LogP contribution in [0.5, 0.6) is 0 Å².